The molecule has 2 aromatic carbocycles. The Labute approximate surface area is 152 Å². The number of nitrogens with one attached hydrogen (secondary N) is 2. The molecule has 1 aliphatic heterocycles. The third-order valence-electron chi connectivity index (χ3n) is 4.94. The van der Waals surface area contributed by atoms with Gasteiger partial charge in [-0.1, -0.05) is 12.5 Å². The highest BCUT2D eigenvalue weighted by Gasteiger charge is 2.19. The van der Waals surface area contributed by atoms with E-state index in [9.17, 15) is 9.59 Å². The largest absolute Gasteiger partial charge is 0.490 e. The summed E-state index contributed by atoms with van der Waals surface area (Å²) in [7, 11) is 0. The van der Waals surface area contributed by atoms with Crippen LogP contribution in [0.3, 0.4) is 0 Å². The van der Waals surface area contributed by atoms with Crippen molar-refractivity contribution in [1.29, 1.82) is 0 Å². The fourth-order valence-corrected chi connectivity index (χ4v) is 3.60. The molecule has 4 rings (SSSR count). The molecule has 134 valence electrons. The lowest BCUT2D eigenvalue weighted by molar-refractivity contribution is -0.115. The van der Waals surface area contributed by atoms with Crippen LogP contribution >= 0.6 is 0 Å². The number of amides is 2. The molecule has 1 fully saturated rings. The summed E-state index contributed by atoms with van der Waals surface area (Å²) < 4.78 is 6.04. The van der Waals surface area contributed by atoms with Crippen molar-refractivity contribution in [3.05, 3.63) is 53.6 Å². The Bertz CT molecular complexity index is 841. The minimum atomic E-state index is -0.184. The zero-order chi connectivity index (χ0) is 17.9. The van der Waals surface area contributed by atoms with E-state index in [1.54, 1.807) is 18.2 Å². The average Bonchev–Trinajstić information content (AvgIpc) is 3.02. The molecule has 0 radical (unpaired) electrons. The quantitative estimate of drug-likeness (QED) is 0.871. The summed E-state index contributed by atoms with van der Waals surface area (Å²) in [4.78, 5) is 24.0. The average molecular weight is 350 g/mol. The highest BCUT2D eigenvalue weighted by Crippen LogP contribution is 2.27. The first kappa shape index (κ1) is 16.6. The van der Waals surface area contributed by atoms with Crippen molar-refractivity contribution in [3.63, 3.8) is 0 Å². The van der Waals surface area contributed by atoms with Crippen molar-refractivity contribution in [2.75, 3.05) is 10.6 Å². The molecule has 0 aromatic heterocycles. The van der Waals surface area contributed by atoms with E-state index in [4.69, 9.17) is 4.74 Å². The smallest absolute Gasteiger partial charge is 0.255 e. The van der Waals surface area contributed by atoms with Gasteiger partial charge in [-0.3, -0.25) is 9.59 Å². The fourth-order valence-electron chi connectivity index (χ4n) is 3.60. The standard InChI is InChI=1S/C21H22N2O3/c24-20-13-15-11-16(9-10-19(15)23-20)22-21(25)14-5-4-8-18(12-14)26-17-6-2-1-3-7-17/h4-5,8-12,17H,1-3,6-7,13H2,(H,22,25)(H,23,24). The summed E-state index contributed by atoms with van der Waals surface area (Å²) in [6, 6.07) is 12.8. The highest BCUT2D eigenvalue weighted by molar-refractivity contribution is 6.05. The highest BCUT2D eigenvalue weighted by atomic mass is 16.5. The molecule has 2 aromatic rings. The minimum Gasteiger partial charge on any atom is -0.490 e. The molecule has 0 atom stereocenters. The van der Waals surface area contributed by atoms with Gasteiger partial charge in [-0.25, -0.2) is 0 Å². The molecule has 0 bridgehead atoms. The van der Waals surface area contributed by atoms with Gasteiger partial charge in [0.2, 0.25) is 5.91 Å². The summed E-state index contributed by atoms with van der Waals surface area (Å²) in [5.41, 5.74) is 2.97. The van der Waals surface area contributed by atoms with Crippen LogP contribution in [0.25, 0.3) is 0 Å². The van der Waals surface area contributed by atoms with Crippen LogP contribution in [0.5, 0.6) is 5.75 Å². The second kappa shape index (κ2) is 7.20. The lowest BCUT2D eigenvalue weighted by atomic mass is 9.98. The molecular weight excluding hydrogens is 328 g/mol. The van der Waals surface area contributed by atoms with Gasteiger partial charge in [-0.15, -0.1) is 0 Å². The predicted octanol–water partition coefficient (Wildman–Crippen LogP) is 4.15. The van der Waals surface area contributed by atoms with Crippen LogP contribution in [-0.4, -0.2) is 17.9 Å². The number of ether oxygens (including phenoxy) is 1. The van der Waals surface area contributed by atoms with Crippen molar-refractivity contribution in [1.82, 2.24) is 0 Å². The van der Waals surface area contributed by atoms with Crippen LogP contribution in [0.15, 0.2) is 42.5 Å². The van der Waals surface area contributed by atoms with Gasteiger partial charge in [0.1, 0.15) is 5.75 Å². The molecule has 2 amide bonds. The molecule has 5 heteroatoms. The first-order chi connectivity index (χ1) is 12.7. The number of hydrogen-bond donors (Lipinski definition) is 2. The summed E-state index contributed by atoms with van der Waals surface area (Å²) >= 11 is 0. The molecular formula is C21H22N2O3. The second-order valence-electron chi connectivity index (χ2n) is 6.96. The third-order valence-corrected chi connectivity index (χ3v) is 4.94. The molecule has 1 heterocycles. The van der Waals surface area contributed by atoms with Gasteiger partial charge < -0.3 is 15.4 Å². The number of carbonyl (C=O) groups is 2. The zero-order valence-corrected chi connectivity index (χ0v) is 14.6. The van der Waals surface area contributed by atoms with Gasteiger partial charge in [0.25, 0.3) is 5.91 Å². The lowest BCUT2D eigenvalue weighted by Crippen LogP contribution is -2.20. The Kier molecular flexibility index (Phi) is 4.61. The maximum atomic E-state index is 12.6. The van der Waals surface area contributed by atoms with Crippen molar-refractivity contribution in [2.45, 2.75) is 44.6 Å². The van der Waals surface area contributed by atoms with E-state index in [2.05, 4.69) is 10.6 Å². The number of hydrogen-bond acceptors (Lipinski definition) is 3. The summed E-state index contributed by atoms with van der Waals surface area (Å²) in [6.07, 6.45) is 6.47. The van der Waals surface area contributed by atoms with E-state index < -0.39 is 0 Å². The van der Waals surface area contributed by atoms with E-state index in [0.29, 0.717) is 17.7 Å². The fraction of sp³-hybridized carbons (Fsp3) is 0.333. The maximum absolute atomic E-state index is 12.6. The summed E-state index contributed by atoms with van der Waals surface area (Å²) in [5, 5.41) is 5.69. The topological polar surface area (TPSA) is 67.4 Å². The number of fused-ring (bicyclic) bond motifs is 1. The molecule has 5 nitrogen and oxygen atoms in total. The van der Waals surface area contributed by atoms with E-state index in [0.717, 1.165) is 29.8 Å². The van der Waals surface area contributed by atoms with Crippen LogP contribution in [0.1, 0.15) is 48.0 Å². The first-order valence-electron chi connectivity index (χ1n) is 9.18. The Hall–Kier alpha value is -2.82. The van der Waals surface area contributed by atoms with Gasteiger partial charge in [0, 0.05) is 16.9 Å². The third kappa shape index (κ3) is 3.72. The number of rotatable bonds is 4. The van der Waals surface area contributed by atoms with Gasteiger partial charge in [-0.05, 0) is 67.6 Å². The first-order valence-corrected chi connectivity index (χ1v) is 9.18. The van der Waals surface area contributed by atoms with Gasteiger partial charge in [0.15, 0.2) is 0 Å². The van der Waals surface area contributed by atoms with Gasteiger partial charge in [0.05, 0.1) is 12.5 Å². The Morgan fingerprint density at radius 2 is 1.92 bits per heavy atom. The van der Waals surface area contributed by atoms with E-state index in [-0.39, 0.29) is 17.9 Å². The van der Waals surface area contributed by atoms with Crippen molar-refractivity contribution in [2.24, 2.45) is 0 Å². The predicted molar refractivity (Wildman–Crippen MR) is 101 cm³/mol. The molecule has 0 spiro atoms. The van der Waals surface area contributed by atoms with Crippen molar-refractivity contribution < 1.29 is 14.3 Å². The number of anilines is 2. The summed E-state index contributed by atoms with van der Waals surface area (Å²) in [5.74, 6) is 0.542. The van der Waals surface area contributed by atoms with E-state index >= 15 is 0 Å². The van der Waals surface area contributed by atoms with Gasteiger partial charge >= 0.3 is 0 Å². The van der Waals surface area contributed by atoms with Crippen LogP contribution < -0.4 is 15.4 Å². The molecule has 1 saturated carbocycles. The monoisotopic (exact) mass is 350 g/mol. The SMILES string of the molecule is O=C1Cc2cc(NC(=O)c3cccc(OC4CCCCC4)c3)ccc2N1. The normalized spacial score (nSPS) is 16.7. The van der Waals surface area contributed by atoms with Crippen LogP contribution in [-0.2, 0) is 11.2 Å². The number of carbonyl (C=O) groups excluding carboxylic acids is 2. The zero-order valence-electron chi connectivity index (χ0n) is 14.6. The molecule has 1 aliphatic carbocycles. The molecule has 0 saturated heterocycles. The molecule has 2 N–H and O–H groups in total. The molecule has 2 aliphatic rings. The minimum absolute atomic E-state index is 0.0176. The Balaban J connectivity index is 1.44. The maximum Gasteiger partial charge on any atom is 0.255 e. The van der Waals surface area contributed by atoms with E-state index in [1.807, 2.05) is 24.3 Å². The van der Waals surface area contributed by atoms with Gasteiger partial charge in [-0.2, -0.15) is 0 Å². The van der Waals surface area contributed by atoms with Crippen LogP contribution in [0.4, 0.5) is 11.4 Å². The molecule has 0 unspecified atom stereocenters. The Morgan fingerprint density at radius 3 is 2.77 bits per heavy atom. The van der Waals surface area contributed by atoms with Crippen LogP contribution in [0.2, 0.25) is 0 Å². The van der Waals surface area contributed by atoms with E-state index in [1.165, 1.54) is 19.3 Å². The second-order valence-corrected chi connectivity index (χ2v) is 6.96. The van der Waals surface area contributed by atoms with Crippen molar-refractivity contribution in [3.8, 4) is 5.75 Å². The molecule has 26 heavy (non-hydrogen) atoms. The summed E-state index contributed by atoms with van der Waals surface area (Å²) in [6.45, 7) is 0. The number of benzene rings is 2. The lowest BCUT2D eigenvalue weighted by Gasteiger charge is -2.23. The van der Waals surface area contributed by atoms with Crippen LogP contribution in [0, 0.1) is 0 Å². The Morgan fingerprint density at radius 1 is 1.08 bits per heavy atom. The van der Waals surface area contributed by atoms with Crippen molar-refractivity contribution >= 4 is 23.2 Å².